The van der Waals surface area contributed by atoms with Crippen LogP contribution in [0.2, 0.25) is 5.02 Å². The van der Waals surface area contributed by atoms with Crippen LogP contribution in [0.1, 0.15) is 5.82 Å². The molecule has 1 saturated heterocycles. The van der Waals surface area contributed by atoms with Crippen LogP contribution in [0.25, 0.3) is 11.0 Å². The van der Waals surface area contributed by atoms with E-state index in [4.69, 9.17) is 21.1 Å². The zero-order valence-corrected chi connectivity index (χ0v) is 17.7. The van der Waals surface area contributed by atoms with E-state index in [0.29, 0.717) is 42.9 Å². The van der Waals surface area contributed by atoms with Crippen molar-refractivity contribution in [2.24, 2.45) is 0 Å². The number of benzene rings is 2. The molecule has 0 saturated carbocycles. The fraction of sp³-hybridized carbons (Fsp3) is 0.318. The van der Waals surface area contributed by atoms with Crippen molar-refractivity contribution in [2.75, 3.05) is 32.9 Å². The van der Waals surface area contributed by atoms with Crippen LogP contribution in [0, 0.1) is 0 Å². The van der Waals surface area contributed by atoms with Gasteiger partial charge in [0.1, 0.15) is 18.1 Å². The largest absolute Gasteiger partial charge is 0.484 e. The first kappa shape index (κ1) is 21.1. The third-order valence-electron chi connectivity index (χ3n) is 5.02. The Balaban J connectivity index is 1.41. The molecule has 31 heavy (non-hydrogen) atoms. The average Bonchev–Trinajstić information content (AvgIpc) is 3.15. The Kier molecular flexibility index (Phi) is 6.69. The van der Waals surface area contributed by atoms with Crippen molar-refractivity contribution in [3.8, 4) is 5.75 Å². The van der Waals surface area contributed by atoms with Crippen molar-refractivity contribution in [1.82, 2.24) is 19.8 Å². The van der Waals surface area contributed by atoms with Crippen LogP contribution in [0.3, 0.4) is 0 Å². The maximum Gasteiger partial charge on any atom is 0.258 e. The maximum absolute atomic E-state index is 12.8. The van der Waals surface area contributed by atoms with E-state index in [2.05, 4.69) is 10.3 Å². The summed E-state index contributed by atoms with van der Waals surface area (Å²) in [6, 6.07) is 14.4. The molecule has 0 unspecified atom stereocenters. The Bertz CT molecular complexity index is 1060. The summed E-state index contributed by atoms with van der Waals surface area (Å²) in [4.78, 5) is 31.5. The van der Waals surface area contributed by atoms with E-state index in [1.807, 2.05) is 28.8 Å². The number of imidazole rings is 1. The Morgan fingerprint density at radius 2 is 1.84 bits per heavy atom. The molecular weight excluding hydrogens is 420 g/mol. The number of nitrogens with zero attached hydrogens (tertiary/aromatic N) is 3. The molecule has 0 radical (unpaired) electrons. The van der Waals surface area contributed by atoms with Gasteiger partial charge in [-0.05, 0) is 36.4 Å². The molecule has 0 bridgehead atoms. The van der Waals surface area contributed by atoms with Gasteiger partial charge >= 0.3 is 0 Å². The second-order valence-corrected chi connectivity index (χ2v) is 7.55. The SMILES string of the molecule is O=C(COc1ccc(Cl)cc1)NCc1nc2ccccc2n1CC(=O)N1CCOCC1. The number of para-hydroxylation sites is 2. The molecule has 2 heterocycles. The van der Waals surface area contributed by atoms with Crippen LogP contribution in [0.5, 0.6) is 5.75 Å². The number of nitrogens with one attached hydrogen (secondary N) is 1. The van der Waals surface area contributed by atoms with Crippen LogP contribution in [0.15, 0.2) is 48.5 Å². The lowest BCUT2D eigenvalue weighted by atomic mass is 10.3. The van der Waals surface area contributed by atoms with Crippen molar-refractivity contribution < 1.29 is 19.1 Å². The zero-order chi connectivity index (χ0) is 21.6. The molecule has 0 aliphatic carbocycles. The van der Waals surface area contributed by atoms with Crippen LogP contribution in [-0.2, 0) is 27.4 Å². The van der Waals surface area contributed by atoms with Crippen LogP contribution in [0.4, 0.5) is 0 Å². The smallest absolute Gasteiger partial charge is 0.258 e. The minimum absolute atomic E-state index is 0.00472. The highest BCUT2D eigenvalue weighted by Gasteiger charge is 2.20. The van der Waals surface area contributed by atoms with Crippen molar-refractivity contribution in [3.05, 3.63) is 59.4 Å². The summed E-state index contributed by atoms with van der Waals surface area (Å²) >= 11 is 5.85. The van der Waals surface area contributed by atoms with Gasteiger partial charge < -0.3 is 24.3 Å². The molecule has 0 spiro atoms. The number of ether oxygens (including phenoxy) is 2. The van der Waals surface area contributed by atoms with E-state index < -0.39 is 0 Å². The minimum Gasteiger partial charge on any atom is -0.484 e. The molecule has 1 N–H and O–H groups in total. The standard InChI is InChI=1S/C22H23ClN4O4/c23-16-5-7-17(8-6-16)31-15-21(28)24-13-20-25-18-3-1-2-4-19(18)27(20)14-22(29)26-9-11-30-12-10-26/h1-8H,9-15H2,(H,24,28). The molecule has 162 valence electrons. The summed E-state index contributed by atoms with van der Waals surface area (Å²) in [5.41, 5.74) is 1.63. The molecule has 1 fully saturated rings. The van der Waals surface area contributed by atoms with Crippen molar-refractivity contribution in [1.29, 1.82) is 0 Å². The molecule has 1 aliphatic rings. The van der Waals surface area contributed by atoms with Gasteiger partial charge in [0.15, 0.2) is 6.61 Å². The molecule has 4 rings (SSSR count). The number of fused-ring (bicyclic) bond motifs is 1. The number of rotatable bonds is 7. The van der Waals surface area contributed by atoms with Gasteiger partial charge in [0.05, 0.1) is 30.8 Å². The third kappa shape index (κ3) is 5.34. The molecule has 2 amide bonds. The Morgan fingerprint density at radius 3 is 2.61 bits per heavy atom. The van der Waals surface area contributed by atoms with Gasteiger partial charge in [-0.2, -0.15) is 0 Å². The van der Waals surface area contributed by atoms with Gasteiger partial charge in [0, 0.05) is 18.1 Å². The lowest BCUT2D eigenvalue weighted by molar-refractivity contribution is -0.135. The Hall–Kier alpha value is -3.10. The van der Waals surface area contributed by atoms with Gasteiger partial charge in [0.2, 0.25) is 5.91 Å². The Labute approximate surface area is 184 Å². The number of hydrogen-bond acceptors (Lipinski definition) is 5. The lowest BCUT2D eigenvalue weighted by Gasteiger charge is -2.27. The third-order valence-corrected chi connectivity index (χ3v) is 5.27. The second kappa shape index (κ2) is 9.80. The summed E-state index contributed by atoms with van der Waals surface area (Å²) in [5.74, 6) is 0.892. The Morgan fingerprint density at radius 1 is 1.10 bits per heavy atom. The number of halogens is 1. The first-order chi connectivity index (χ1) is 15.1. The lowest BCUT2D eigenvalue weighted by Crippen LogP contribution is -2.42. The van der Waals surface area contributed by atoms with E-state index >= 15 is 0 Å². The minimum atomic E-state index is -0.284. The number of aromatic nitrogens is 2. The quantitative estimate of drug-likeness (QED) is 0.606. The van der Waals surface area contributed by atoms with E-state index in [0.717, 1.165) is 11.0 Å². The summed E-state index contributed by atoms with van der Waals surface area (Å²) in [7, 11) is 0. The summed E-state index contributed by atoms with van der Waals surface area (Å²) in [6.07, 6.45) is 0. The molecular formula is C22H23ClN4O4. The number of amides is 2. The highest BCUT2D eigenvalue weighted by Crippen LogP contribution is 2.17. The van der Waals surface area contributed by atoms with E-state index in [-0.39, 0.29) is 31.5 Å². The number of carbonyl (C=O) groups excluding carboxylic acids is 2. The van der Waals surface area contributed by atoms with Crippen molar-refractivity contribution >= 4 is 34.4 Å². The second-order valence-electron chi connectivity index (χ2n) is 7.12. The van der Waals surface area contributed by atoms with Crippen LogP contribution >= 0.6 is 11.6 Å². The number of morpholine rings is 1. The number of hydrogen-bond donors (Lipinski definition) is 1. The highest BCUT2D eigenvalue weighted by molar-refractivity contribution is 6.30. The van der Waals surface area contributed by atoms with Gasteiger partial charge in [-0.25, -0.2) is 4.98 Å². The molecule has 1 aromatic heterocycles. The molecule has 3 aromatic rings. The molecule has 9 heteroatoms. The van der Waals surface area contributed by atoms with E-state index in [1.54, 1.807) is 29.2 Å². The van der Waals surface area contributed by atoms with Crippen molar-refractivity contribution in [3.63, 3.8) is 0 Å². The maximum atomic E-state index is 12.8. The van der Waals surface area contributed by atoms with Crippen molar-refractivity contribution in [2.45, 2.75) is 13.1 Å². The van der Waals surface area contributed by atoms with E-state index in [1.165, 1.54) is 0 Å². The molecule has 8 nitrogen and oxygen atoms in total. The summed E-state index contributed by atoms with van der Waals surface area (Å²) in [6.45, 7) is 2.48. The predicted molar refractivity (Wildman–Crippen MR) is 116 cm³/mol. The average molecular weight is 443 g/mol. The predicted octanol–water partition coefficient (Wildman–Crippen LogP) is 2.24. The zero-order valence-electron chi connectivity index (χ0n) is 16.9. The first-order valence-corrected chi connectivity index (χ1v) is 10.4. The molecule has 2 aromatic carbocycles. The van der Waals surface area contributed by atoms with Gasteiger partial charge in [-0.15, -0.1) is 0 Å². The highest BCUT2D eigenvalue weighted by atomic mass is 35.5. The fourth-order valence-electron chi connectivity index (χ4n) is 3.39. The van der Waals surface area contributed by atoms with Gasteiger partial charge in [0.25, 0.3) is 5.91 Å². The fourth-order valence-corrected chi connectivity index (χ4v) is 3.52. The molecule has 1 aliphatic heterocycles. The molecule has 0 atom stereocenters. The topological polar surface area (TPSA) is 85.7 Å². The van der Waals surface area contributed by atoms with E-state index in [9.17, 15) is 9.59 Å². The summed E-state index contributed by atoms with van der Waals surface area (Å²) < 4.78 is 12.7. The normalized spacial score (nSPS) is 13.9. The van der Waals surface area contributed by atoms with Crippen LogP contribution in [-0.4, -0.2) is 59.2 Å². The number of carbonyl (C=O) groups is 2. The van der Waals surface area contributed by atoms with Crippen LogP contribution < -0.4 is 10.1 Å². The summed E-state index contributed by atoms with van der Waals surface area (Å²) in [5, 5.41) is 3.42. The first-order valence-electron chi connectivity index (χ1n) is 10.0. The monoisotopic (exact) mass is 442 g/mol. The van der Waals surface area contributed by atoms with Gasteiger partial charge in [-0.1, -0.05) is 23.7 Å². The van der Waals surface area contributed by atoms with Gasteiger partial charge in [-0.3, -0.25) is 9.59 Å².